The van der Waals surface area contributed by atoms with E-state index in [2.05, 4.69) is 224 Å². The van der Waals surface area contributed by atoms with Crippen LogP contribution in [0, 0.1) is 0 Å². The van der Waals surface area contributed by atoms with Gasteiger partial charge in [0.1, 0.15) is 0 Å². The molecule has 1 heterocycles. The van der Waals surface area contributed by atoms with Crippen molar-refractivity contribution in [3.05, 3.63) is 264 Å². The number of hydrogen-bond acceptors (Lipinski definition) is 2. The third-order valence-corrected chi connectivity index (χ3v) is 11.0. The number of aromatic nitrogens is 2. The molecule has 1 aliphatic rings. The summed E-state index contributed by atoms with van der Waals surface area (Å²) in [6.45, 7) is 4.85. The van der Waals surface area contributed by atoms with Crippen LogP contribution in [0.5, 0.6) is 0 Å². The maximum Gasteiger partial charge on any atom is 0.161 e. The normalized spacial score (nSPS) is 13.0. The molecular formula is C58H44N2. The summed E-state index contributed by atoms with van der Waals surface area (Å²) in [5, 5.41) is 0. The SMILES string of the molecule is C=C(C1=CC=CCC1)/C(=C(\C(=C\c1ccccc1-c1nc(-c2ccccc2)cc(-c2ccccc2-c2ccccc2)n1)c1ccccc1)c1ccccc1)c1ccccc1. The Morgan fingerprint density at radius 2 is 0.967 bits per heavy atom. The fourth-order valence-corrected chi connectivity index (χ4v) is 8.07. The second-order valence-corrected chi connectivity index (χ2v) is 14.9. The molecule has 1 aromatic heterocycles. The molecule has 1 aliphatic carbocycles. The average molecular weight is 769 g/mol. The van der Waals surface area contributed by atoms with E-state index in [9.17, 15) is 0 Å². The third kappa shape index (κ3) is 8.18. The van der Waals surface area contributed by atoms with Crippen LogP contribution in [0.15, 0.2) is 242 Å². The minimum absolute atomic E-state index is 0.658. The van der Waals surface area contributed by atoms with Gasteiger partial charge in [0, 0.05) is 16.7 Å². The van der Waals surface area contributed by atoms with Gasteiger partial charge in [-0.2, -0.15) is 0 Å². The monoisotopic (exact) mass is 768 g/mol. The summed E-state index contributed by atoms with van der Waals surface area (Å²) in [4.78, 5) is 10.8. The molecule has 0 atom stereocenters. The van der Waals surface area contributed by atoms with Crippen molar-refractivity contribution in [1.29, 1.82) is 0 Å². The molecule has 0 amide bonds. The van der Waals surface area contributed by atoms with Crippen molar-refractivity contribution in [2.45, 2.75) is 12.8 Å². The van der Waals surface area contributed by atoms with Gasteiger partial charge in [0.2, 0.25) is 0 Å². The van der Waals surface area contributed by atoms with Crippen molar-refractivity contribution in [1.82, 2.24) is 9.97 Å². The van der Waals surface area contributed by atoms with Gasteiger partial charge in [-0.25, -0.2) is 9.97 Å². The zero-order chi connectivity index (χ0) is 40.5. The molecule has 0 spiro atoms. The number of nitrogens with zero attached hydrogens (tertiary/aromatic N) is 2. The van der Waals surface area contributed by atoms with E-state index >= 15 is 0 Å². The van der Waals surface area contributed by atoms with E-state index in [0.717, 1.165) is 96.6 Å². The van der Waals surface area contributed by atoms with Crippen LogP contribution in [0.1, 0.15) is 35.1 Å². The molecule has 0 fully saturated rings. The van der Waals surface area contributed by atoms with Crippen molar-refractivity contribution >= 4 is 22.8 Å². The lowest BCUT2D eigenvalue weighted by atomic mass is 9.80. The second-order valence-electron chi connectivity index (χ2n) is 14.9. The Hall–Kier alpha value is -7.68. The minimum Gasteiger partial charge on any atom is -0.228 e. The predicted molar refractivity (Wildman–Crippen MR) is 253 cm³/mol. The summed E-state index contributed by atoms with van der Waals surface area (Å²) < 4.78 is 0. The van der Waals surface area contributed by atoms with Gasteiger partial charge in [-0.1, -0.05) is 225 Å². The highest BCUT2D eigenvalue weighted by molar-refractivity contribution is 6.22. The highest BCUT2D eigenvalue weighted by Crippen LogP contribution is 2.45. The number of allylic oxidation sites excluding steroid dienone is 8. The van der Waals surface area contributed by atoms with Crippen LogP contribution in [0.3, 0.4) is 0 Å². The summed E-state index contributed by atoms with van der Waals surface area (Å²) in [6.07, 6.45) is 10.9. The van der Waals surface area contributed by atoms with E-state index in [4.69, 9.17) is 16.5 Å². The fourth-order valence-electron chi connectivity index (χ4n) is 8.07. The van der Waals surface area contributed by atoms with Gasteiger partial charge in [-0.05, 0) is 86.2 Å². The van der Waals surface area contributed by atoms with Crippen LogP contribution in [0.4, 0.5) is 0 Å². The average Bonchev–Trinajstić information content (AvgIpc) is 3.34. The van der Waals surface area contributed by atoms with E-state index in [0.29, 0.717) is 5.82 Å². The minimum atomic E-state index is 0.658. The summed E-state index contributed by atoms with van der Waals surface area (Å²) in [6, 6.07) is 72.3. The zero-order valence-electron chi connectivity index (χ0n) is 33.5. The smallest absolute Gasteiger partial charge is 0.161 e. The Bertz CT molecular complexity index is 2890. The third-order valence-electron chi connectivity index (χ3n) is 11.0. The topological polar surface area (TPSA) is 25.8 Å². The number of benzene rings is 7. The van der Waals surface area contributed by atoms with Crippen LogP contribution < -0.4 is 0 Å². The summed E-state index contributed by atoms with van der Waals surface area (Å²) >= 11 is 0. The molecule has 9 rings (SSSR count). The van der Waals surface area contributed by atoms with E-state index in [1.54, 1.807) is 0 Å². The maximum absolute atomic E-state index is 5.42. The van der Waals surface area contributed by atoms with Gasteiger partial charge >= 0.3 is 0 Å². The van der Waals surface area contributed by atoms with Gasteiger partial charge in [0.15, 0.2) is 5.82 Å². The van der Waals surface area contributed by atoms with E-state index in [-0.39, 0.29) is 0 Å². The first-order valence-corrected chi connectivity index (χ1v) is 20.6. The first kappa shape index (κ1) is 37.9. The van der Waals surface area contributed by atoms with Crippen molar-refractivity contribution < 1.29 is 0 Å². The van der Waals surface area contributed by atoms with Crippen molar-refractivity contribution in [3.8, 4) is 45.0 Å². The first-order valence-electron chi connectivity index (χ1n) is 20.6. The molecule has 8 aromatic rings. The highest BCUT2D eigenvalue weighted by atomic mass is 14.9. The Morgan fingerprint density at radius 1 is 0.467 bits per heavy atom. The Balaban J connectivity index is 1.32. The molecule has 0 aliphatic heterocycles. The lowest BCUT2D eigenvalue weighted by molar-refractivity contribution is 0.981. The van der Waals surface area contributed by atoms with Crippen molar-refractivity contribution in [3.63, 3.8) is 0 Å². The largest absolute Gasteiger partial charge is 0.228 e. The second kappa shape index (κ2) is 17.9. The van der Waals surface area contributed by atoms with Crippen molar-refractivity contribution in [2.75, 3.05) is 0 Å². The Morgan fingerprint density at radius 3 is 1.58 bits per heavy atom. The zero-order valence-corrected chi connectivity index (χ0v) is 33.5. The first-order chi connectivity index (χ1) is 29.7. The molecule has 2 nitrogen and oxygen atoms in total. The van der Waals surface area contributed by atoms with Gasteiger partial charge < -0.3 is 0 Å². The Kier molecular flexibility index (Phi) is 11.3. The van der Waals surface area contributed by atoms with Gasteiger partial charge in [-0.15, -0.1) is 0 Å². The standard InChI is InChI=1S/C58H44N2/c1-42(43-24-8-2-9-25-43)56(47-32-16-6-17-33-47)57(48-34-18-7-19-35-48)53(45-28-12-4-13-29-45)40-49-36-20-21-38-51(49)58-59-54(46-30-14-5-15-31-46)41-55(60-58)52-39-23-22-37-50(52)44-26-10-3-11-27-44/h2-8,10-24,26-41H,1,9,25H2/b53-40+,57-56+. The quantitative estimate of drug-likeness (QED) is 0.0967. The molecule has 0 unspecified atom stereocenters. The van der Waals surface area contributed by atoms with E-state index in [1.807, 2.05) is 6.07 Å². The Labute approximate surface area is 353 Å². The molecule has 0 bridgehead atoms. The molecule has 60 heavy (non-hydrogen) atoms. The molecule has 286 valence electrons. The summed E-state index contributed by atoms with van der Waals surface area (Å²) in [5.74, 6) is 0.658. The molecule has 0 saturated heterocycles. The highest BCUT2D eigenvalue weighted by Gasteiger charge is 2.23. The van der Waals surface area contributed by atoms with Crippen LogP contribution in [0.25, 0.3) is 67.8 Å². The fraction of sp³-hybridized carbons (Fsp3) is 0.0345. The molecule has 7 aromatic carbocycles. The maximum atomic E-state index is 5.42. The molecular weight excluding hydrogens is 725 g/mol. The lowest BCUT2D eigenvalue weighted by Crippen LogP contribution is -2.02. The number of hydrogen-bond donors (Lipinski definition) is 0. The number of rotatable bonds is 11. The lowest BCUT2D eigenvalue weighted by Gasteiger charge is -2.24. The van der Waals surface area contributed by atoms with Gasteiger partial charge in [-0.3, -0.25) is 0 Å². The predicted octanol–water partition coefficient (Wildman–Crippen LogP) is 15.1. The van der Waals surface area contributed by atoms with E-state index in [1.165, 1.54) is 5.57 Å². The van der Waals surface area contributed by atoms with Gasteiger partial charge in [0.25, 0.3) is 0 Å². The van der Waals surface area contributed by atoms with Crippen molar-refractivity contribution in [2.24, 2.45) is 0 Å². The van der Waals surface area contributed by atoms with Crippen LogP contribution in [-0.2, 0) is 0 Å². The molecule has 2 heteroatoms. The molecule has 0 N–H and O–H groups in total. The van der Waals surface area contributed by atoms with Crippen LogP contribution in [0.2, 0.25) is 0 Å². The van der Waals surface area contributed by atoms with Gasteiger partial charge in [0.05, 0.1) is 11.4 Å². The summed E-state index contributed by atoms with van der Waals surface area (Å²) in [5.41, 5.74) is 16.9. The molecule has 0 saturated carbocycles. The summed E-state index contributed by atoms with van der Waals surface area (Å²) in [7, 11) is 0. The molecule has 0 radical (unpaired) electrons. The van der Waals surface area contributed by atoms with Crippen LogP contribution >= 0.6 is 0 Å². The van der Waals surface area contributed by atoms with E-state index < -0.39 is 0 Å². The van der Waals surface area contributed by atoms with Crippen LogP contribution in [-0.4, -0.2) is 9.97 Å².